The van der Waals surface area contributed by atoms with Gasteiger partial charge in [0.25, 0.3) is 0 Å². The molecule has 0 amide bonds. The van der Waals surface area contributed by atoms with Crippen molar-refractivity contribution in [2.24, 2.45) is 0 Å². The van der Waals surface area contributed by atoms with Crippen LogP contribution in [0.3, 0.4) is 0 Å². The first-order valence-corrected chi connectivity index (χ1v) is 7.70. The van der Waals surface area contributed by atoms with Crippen molar-refractivity contribution < 1.29 is 17.9 Å². The number of rotatable bonds is 6. The van der Waals surface area contributed by atoms with E-state index in [1.165, 1.54) is 11.9 Å². The second-order valence-corrected chi connectivity index (χ2v) is 5.48. The second kappa shape index (κ2) is 7.51. The van der Waals surface area contributed by atoms with Crippen molar-refractivity contribution in [2.75, 3.05) is 18.6 Å². The van der Waals surface area contributed by atoms with Gasteiger partial charge in [0, 0.05) is 18.9 Å². The first-order chi connectivity index (χ1) is 11.3. The molecule has 0 aliphatic carbocycles. The standard InChI is InChI=1S/C17H20F3N3O/c1-4-5-10-24-16-21-11-14(17(18,19)20)15(22-16)23(3)13-8-6-12(2)7-9-13/h6-9,11H,4-5,10H2,1-3H3. The van der Waals surface area contributed by atoms with E-state index in [-0.39, 0.29) is 11.8 Å². The Kier molecular flexibility index (Phi) is 5.64. The van der Waals surface area contributed by atoms with Gasteiger partial charge in [0.2, 0.25) is 0 Å². The molecule has 0 atom stereocenters. The Morgan fingerprint density at radius 1 is 1.17 bits per heavy atom. The molecule has 0 saturated heterocycles. The van der Waals surface area contributed by atoms with E-state index < -0.39 is 11.7 Å². The van der Waals surface area contributed by atoms with E-state index in [1.54, 1.807) is 12.1 Å². The third-order valence-corrected chi connectivity index (χ3v) is 3.52. The summed E-state index contributed by atoms with van der Waals surface area (Å²) < 4.78 is 45.2. The van der Waals surface area contributed by atoms with Crippen LogP contribution in [-0.4, -0.2) is 23.6 Å². The molecule has 0 aliphatic heterocycles. The maximum atomic E-state index is 13.3. The summed E-state index contributed by atoms with van der Waals surface area (Å²) in [6.45, 7) is 4.28. The zero-order valence-corrected chi connectivity index (χ0v) is 13.9. The van der Waals surface area contributed by atoms with Crippen molar-refractivity contribution in [3.63, 3.8) is 0 Å². The molecule has 4 nitrogen and oxygen atoms in total. The number of unbranched alkanes of at least 4 members (excludes halogenated alkanes) is 1. The van der Waals surface area contributed by atoms with Gasteiger partial charge in [0.05, 0.1) is 6.61 Å². The average molecular weight is 339 g/mol. The molecule has 0 N–H and O–H groups in total. The summed E-state index contributed by atoms with van der Waals surface area (Å²) in [6.07, 6.45) is -2.07. The number of benzene rings is 1. The number of nitrogens with zero attached hydrogens (tertiary/aromatic N) is 3. The number of alkyl halides is 3. The summed E-state index contributed by atoms with van der Waals surface area (Å²) in [7, 11) is 1.54. The summed E-state index contributed by atoms with van der Waals surface area (Å²) >= 11 is 0. The molecule has 7 heteroatoms. The number of aryl methyl sites for hydroxylation is 1. The van der Waals surface area contributed by atoms with Crippen molar-refractivity contribution in [3.8, 4) is 6.01 Å². The maximum absolute atomic E-state index is 13.3. The van der Waals surface area contributed by atoms with Gasteiger partial charge < -0.3 is 9.64 Å². The van der Waals surface area contributed by atoms with Gasteiger partial charge in [-0.25, -0.2) is 4.98 Å². The Bertz CT molecular complexity index is 672. The lowest BCUT2D eigenvalue weighted by Gasteiger charge is -2.22. The normalized spacial score (nSPS) is 11.4. The van der Waals surface area contributed by atoms with Gasteiger partial charge in [0.1, 0.15) is 5.56 Å². The molecule has 0 aliphatic rings. The van der Waals surface area contributed by atoms with Crippen molar-refractivity contribution in [1.82, 2.24) is 9.97 Å². The number of aromatic nitrogens is 2. The predicted molar refractivity (Wildman–Crippen MR) is 86.7 cm³/mol. The minimum atomic E-state index is -4.55. The van der Waals surface area contributed by atoms with Crippen LogP contribution in [0.5, 0.6) is 6.01 Å². The topological polar surface area (TPSA) is 38.2 Å². The van der Waals surface area contributed by atoms with E-state index in [9.17, 15) is 13.2 Å². The molecule has 2 aromatic rings. The lowest BCUT2D eigenvalue weighted by molar-refractivity contribution is -0.137. The van der Waals surface area contributed by atoms with Gasteiger partial charge in [-0.05, 0) is 25.5 Å². The average Bonchev–Trinajstić information content (AvgIpc) is 2.54. The van der Waals surface area contributed by atoms with Crippen molar-refractivity contribution in [3.05, 3.63) is 41.6 Å². The molecule has 0 unspecified atom stereocenters. The molecule has 1 aromatic heterocycles. The van der Waals surface area contributed by atoms with Gasteiger partial charge in [-0.1, -0.05) is 31.0 Å². The van der Waals surface area contributed by atoms with Gasteiger partial charge >= 0.3 is 12.2 Å². The van der Waals surface area contributed by atoms with Crippen molar-refractivity contribution >= 4 is 11.5 Å². The van der Waals surface area contributed by atoms with Gasteiger partial charge in [-0.2, -0.15) is 18.2 Å². The Balaban J connectivity index is 2.39. The van der Waals surface area contributed by atoms with Crippen LogP contribution in [0.1, 0.15) is 30.9 Å². The Hall–Kier alpha value is -2.31. The van der Waals surface area contributed by atoms with Gasteiger partial charge in [-0.15, -0.1) is 0 Å². The fourth-order valence-electron chi connectivity index (χ4n) is 2.08. The zero-order valence-electron chi connectivity index (χ0n) is 13.9. The largest absolute Gasteiger partial charge is 0.463 e. The fraction of sp³-hybridized carbons (Fsp3) is 0.412. The molecular formula is C17H20F3N3O. The summed E-state index contributed by atoms with van der Waals surface area (Å²) in [5, 5.41) is 0. The minimum Gasteiger partial charge on any atom is -0.463 e. The first-order valence-electron chi connectivity index (χ1n) is 7.70. The van der Waals surface area contributed by atoms with Crippen LogP contribution >= 0.6 is 0 Å². The SMILES string of the molecule is CCCCOc1ncc(C(F)(F)F)c(N(C)c2ccc(C)cc2)n1. The Labute approximate surface area is 139 Å². The molecule has 0 bridgehead atoms. The fourth-order valence-corrected chi connectivity index (χ4v) is 2.08. The summed E-state index contributed by atoms with van der Waals surface area (Å²) in [6, 6.07) is 7.10. The van der Waals surface area contributed by atoms with Crippen LogP contribution in [0, 0.1) is 6.92 Å². The van der Waals surface area contributed by atoms with Crippen molar-refractivity contribution in [2.45, 2.75) is 32.9 Å². The van der Waals surface area contributed by atoms with Crippen LogP contribution in [0.15, 0.2) is 30.5 Å². The minimum absolute atomic E-state index is 0.0505. The summed E-state index contributed by atoms with van der Waals surface area (Å²) in [5.74, 6) is -0.229. The van der Waals surface area contributed by atoms with E-state index in [0.717, 1.165) is 24.6 Å². The third kappa shape index (κ3) is 4.37. The van der Waals surface area contributed by atoms with E-state index in [2.05, 4.69) is 9.97 Å². The molecule has 0 fully saturated rings. The quantitative estimate of drug-likeness (QED) is 0.712. The molecule has 0 saturated carbocycles. The Morgan fingerprint density at radius 2 is 1.83 bits per heavy atom. The lowest BCUT2D eigenvalue weighted by atomic mass is 10.2. The number of hydrogen-bond donors (Lipinski definition) is 0. The molecule has 0 radical (unpaired) electrons. The third-order valence-electron chi connectivity index (χ3n) is 3.52. The number of hydrogen-bond acceptors (Lipinski definition) is 4. The molecule has 24 heavy (non-hydrogen) atoms. The summed E-state index contributed by atoms with van der Waals surface area (Å²) in [4.78, 5) is 9.06. The van der Waals surface area contributed by atoms with Crippen LogP contribution in [0.25, 0.3) is 0 Å². The van der Waals surface area contributed by atoms with Crippen LogP contribution in [-0.2, 0) is 6.18 Å². The molecular weight excluding hydrogens is 319 g/mol. The van der Waals surface area contributed by atoms with Gasteiger partial charge in [-0.3, -0.25) is 0 Å². The van der Waals surface area contributed by atoms with Gasteiger partial charge in [0.15, 0.2) is 5.82 Å². The highest BCUT2D eigenvalue weighted by Gasteiger charge is 2.36. The maximum Gasteiger partial charge on any atom is 0.421 e. The van der Waals surface area contributed by atoms with E-state index >= 15 is 0 Å². The van der Waals surface area contributed by atoms with Crippen molar-refractivity contribution in [1.29, 1.82) is 0 Å². The number of anilines is 2. The predicted octanol–water partition coefficient (Wildman–Crippen LogP) is 4.75. The van der Waals surface area contributed by atoms with Crippen LogP contribution < -0.4 is 9.64 Å². The highest BCUT2D eigenvalue weighted by Crippen LogP contribution is 2.37. The van der Waals surface area contributed by atoms with Crippen LogP contribution in [0.4, 0.5) is 24.7 Å². The van der Waals surface area contributed by atoms with E-state index in [4.69, 9.17) is 4.74 Å². The highest BCUT2D eigenvalue weighted by molar-refractivity contribution is 5.63. The molecule has 1 aromatic carbocycles. The molecule has 1 heterocycles. The number of halogens is 3. The second-order valence-electron chi connectivity index (χ2n) is 5.48. The van der Waals surface area contributed by atoms with Crippen LogP contribution in [0.2, 0.25) is 0 Å². The molecule has 2 rings (SSSR count). The zero-order chi connectivity index (χ0) is 17.7. The Morgan fingerprint density at radius 3 is 2.42 bits per heavy atom. The molecule has 0 spiro atoms. The first kappa shape index (κ1) is 18.0. The van der Waals surface area contributed by atoms with E-state index in [0.29, 0.717) is 12.3 Å². The number of ether oxygens (including phenoxy) is 1. The smallest absolute Gasteiger partial charge is 0.421 e. The summed E-state index contributed by atoms with van der Waals surface area (Å²) in [5.41, 5.74) is 0.729. The van der Waals surface area contributed by atoms with E-state index in [1.807, 2.05) is 26.0 Å². The monoisotopic (exact) mass is 339 g/mol. The highest BCUT2D eigenvalue weighted by atomic mass is 19.4. The molecule has 130 valence electrons. The lowest BCUT2D eigenvalue weighted by Crippen LogP contribution is -2.19.